The molecule has 0 radical (unpaired) electrons. The molecule has 0 saturated carbocycles. The van der Waals surface area contributed by atoms with Crippen LogP contribution in [0.5, 0.6) is 0 Å². The van der Waals surface area contributed by atoms with Crippen molar-refractivity contribution in [3.63, 3.8) is 0 Å². The Kier molecular flexibility index (Phi) is 6.94. The van der Waals surface area contributed by atoms with Crippen LogP contribution in [0.15, 0.2) is 79.1 Å². The van der Waals surface area contributed by atoms with Crippen molar-refractivity contribution in [3.05, 3.63) is 95.8 Å². The van der Waals surface area contributed by atoms with E-state index < -0.39 is 27.7 Å². The Labute approximate surface area is 227 Å². The van der Waals surface area contributed by atoms with Crippen LogP contribution in [0.2, 0.25) is 0 Å². The molecule has 3 heterocycles. The smallest absolute Gasteiger partial charge is 0.306 e. The Morgan fingerprint density at radius 2 is 1.75 bits per heavy atom. The standard InChI is InChI=1S/C27H23F3N6O3S/c1-35-12-11-22(34-35)20-15-19(8-9-21(20)27(28,29)30)26(37)33-25-24(18-6-4-3-5-7-18)32-23-14-17(10-13-36(23)25)16-31-40(2,38)39/h3-15,31H,16H2,1-2H3,(H,33,37). The third kappa shape index (κ3) is 5.75. The summed E-state index contributed by atoms with van der Waals surface area (Å²) >= 11 is 0. The fourth-order valence-electron chi connectivity index (χ4n) is 4.21. The lowest BCUT2D eigenvalue weighted by molar-refractivity contribution is -0.137. The molecule has 0 bridgehead atoms. The van der Waals surface area contributed by atoms with E-state index in [4.69, 9.17) is 0 Å². The van der Waals surface area contributed by atoms with E-state index in [1.54, 1.807) is 54.0 Å². The van der Waals surface area contributed by atoms with Gasteiger partial charge in [-0.05, 0) is 42.0 Å². The van der Waals surface area contributed by atoms with Crippen LogP contribution in [-0.4, -0.2) is 39.7 Å². The van der Waals surface area contributed by atoms with Gasteiger partial charge < -0.3 is 5.32 Å². The molecule has 0 unspecified atom stereocenters. The molecule has 0 aliphatic carbocycles. The number of aryl methyl sites for hydroxylation is 1. The van der Waals surface area contributed by atoms with Crippen LogP contribution in [0.1, 0.15) is 21.5 Å². The highest BCUT2D eigenvalue weighted by atomic mass is 32.2. The second-order valence-electron chi connectivity index (χ2n) is 9.12. The number of halogens is 3. The monoisotopic (exact) mass is 568 g/mol. The molecule has 0 atom stereocenters. The van der Waals surface area contributed by atoms with Crippen molar-refractivity contribution in [1.82, 2.24) is 23.9 Å². The molecule has 206 valence electrons. The van der Waals surface area contributed by atoms with Gasteiger partial charge in [-0.1, -0.05) is 30.3 Å². The lowest BCUT2D eigenvalue weighted by atomic mass is 10.0. The molecule has 13 heteroatoms. The van der Waals surface area contributed by atoms with Gasteiger partial charge in [-0.25, -0.2) is 18.1 Å². The summed E-state index contributed by atoms with van der Waals surface area (Å²) in [6, 6.07) is 17.0. The number of nitrogens with zero attached hydrogens (tertiary/aromatic N) is 4. The lowest BCUT2D eigenvalue weighted by Gasteiger charge is -2.14. The van der Waals surface area contributed by atoms with Crippen LogP contribution in [-0.2, 0) is 29.8 Å². The molecule has 5 aromatic rings. The average molecular weight is 569 g/mol. The van der Waals surface area contributed by atoms with Crippen molar-refractivity contribution in [2.75, 3.05) is 11.6 Å². The van der Waals surface area contributed by atoms with E-state index in [0.717, 1.165) is 18.4 Å². The Balaban J connectivity index is 1.56. The van der Waals surface area contributed by atoms with Gasteiger partial charge in [0.2, 0.25) is 10.0 Å². The summed E-state index contributed by atoms with van der Waals surface area (Å²) < 4.78 is 69.7. The number of carbonyl (C=O) groups excluding carboxylic acids is 1. The Hall–Kier alpha value is -4.49. The molecule has 5 rings (SSSR count). The van der Waals surface area contributed by atoms with Gasteiger partial charge in [-0.3, -0.25) is 13.9 Å². The first-order chi connectivity index (χ1) is 18.9. The summed E-state index contributed by atoms with van der Waals surface area (Å²) in [5.41, 5.74) is 1.16. The number of sulfonamides is 1. The van der Waals surface area contributed by atoms with E-state index in [9.17, 15) is 26.4 Å². The maximum atomic E-state index is 13.8. The summed E-state index contributed by atoms with van der Waals surface area (Å²) in [6.45, 7) is 0.0480. The van der Waals surface area contributed by atoms with Crippen LogP contribution in [0.25, 0.3) is 28.2 Å². The highest BCUT2D eigenvalue weighted by molar-refractivity contribution is 7.88. The highest BCUT2D eigenvalue weighted by Gasteiger charge is 2.34. The minimum atomic E-state index is -4.65. The van der Waals surface area contributed by atoms with Gasteiger partial charge in [0.25, 0.3) is 5.91 Å². The maximum absolute atomic E-state index is 13.8. The van der Waals surface area contributed by atoms with E-state index in [0.29, 0.717) is 28.3 Å². The Bertz CT molecular complexity index is 1830. The molecule has 9 nitrogen and oxygen atoms in total. The van der Waals surface area contributed by atoms with E-state index >= 15 is 0 Å². The number of fused-ring (bicyclic) bond motifs is 1. The fourth-order valence-corrected chi connectivity index (χ4v) is 4.64. The van der Waals surface area contributed by atoms with Gasteiger partial charge in [0, 0.05) is 42.7 Å². The van der Waals surface area contributed by atoms with Crippen molar-refractivity contribution in [1.29, 1.82) is 0 Å². The van der Waals surface area contributed by atoms with Crippen molar-refractivity contribution in [2.45, 2.75) is 12.7 Å². The van der Waals surface area contributed by atoms with Crippen LogP contribution >= 0.6 is 0 Å². The van der Waals surface area contributed by atoms with Crippen LogP contribution < -0.4 is 10.0 Å². The van der Waals surface area contributed by atoms with Crippen LogP contribution in [0.3, 0.4) is 0 Å². The number of benzene rings is 2. The number of hydrogen-bond acceptors (Lipinski definition) is 5. The number of pyridine rings is 1. The summed E-state index contributed by atoms with van der Waals surface area (Å²) in [5, 5.41) is 6.90. The SMILES string of the molecule is Cn1ccc(-c2cc(C(=O)Nc3c(-c4ccccc4)nc4cc(CNS(C)(=O)=O)ccn34)ccc2C(F)(F)F)n1. The molecule has 1 amide bonds. The van der Waals surface area contributed by atoms with Crippen molar-refractivity contribution >= 4 is 27.4 Å². The van der Waals surface area contributed by atoms with Gasteiger partial charge in [-0.2, -0.15) is 18.3 Å². The number of anilines is 1. The Morgan fingerprint density at radius 3 is 2.40 bits per heavy atom. The third-order valence-electron chi connectivity index (χ3n) is 6.08. The number of rotatable bonds is 7. The second kappa shape index (κ2) is 10.2. The topological polar surface area (TPSA) is 110 Å². The van der Waals surface area contributed by atoms with Gasteiger partial charge in [-0.15, -0.1) is 0 Å². The molecule has 2 aromatic carbocycles. The number of aromatic nitrogens is 4. The first-order valence-electron chi connectivity index (χ1n) is 11.9. The van der Waals surface area contributed by atoms with Gasteiger partial charge in [0.15, 0.2) is 0 Å². The molecule has 0 spiro atoms. The molecule has 0 aliphatic heterocycles. The van der Waals surface area contributed by atoms with Crippen molar-refractivity contribution < 1.29 is 26.4 Å². The zero-order valence-electron chi connectivity index (χ0n) is 21.3. The molecule has 2 N–H and O–H groups in total. The minimum absolute atomic E-state index is 0.00316. The van der Waals surface area contributed by atoms with Crippen molar-refractivity contribution in [2.24, 2.45) is 7.05 Å². The molecule has 0 aliphatic rings. The summed E-state index contributed by atoms with van der Waals surface area (Å²) in [4.78, 5) is 18.1. The third-order valence-corrected chi connectivity index (χ3v) is 6.75. The molecular formula is C27H23F3N6O3S. The molecule has 0 saturated heterocycles. The summed E-state index contributed by atoms with van der Waals surface area (Å²) in [6.07, 6.45) is -0.432. The molecule has 3 aromatic heterocycles. The number of nitrogens with one attached hydrogen (secondary N) is 2. The second-order valence-corrected chi connectivity index (χ2v) is 11.0. The van der Waals surface area contributed by atoms with E-state index in [2.05, 4.69) is 20.1 Å². The zero-order chi connectivity index (χ0) is 28.7. The largest absolute Gasteiger partial charge is 0.417 e. The quantitative estimate of drug-likeness (QED) is 0.295. The first-order valence-corrected chi connectivity index (χ1v) is 13.8. The molecule has 0 fully saturated rings. The number of amides is 1. The van der Waals surface area contributed by atoms with Gasteiger partial charge in [0.1, 0.15) is 17.2 Å². The number of imidazole rings is 1. The predicted molar refractivity (Wildman–Crippen MR) is 144 cm³/mol. The molecular weight excluding hydrogens is 545 g/mol. The van der Waals surface area contributed by atoms with Gasteiger partial charge in [0.05, 0.1) is 17.5 Å². The fraction of sp³-hybridized carbons (Fsp3) is 0.148. The molecule has 40 heavy (non-hydrogen) atoms. The Morgan fingerprint density at radius 1 is 1.00 bits per heavy atom. The number of carbonyl (C=O) groups is 1. The highest BCUT2D eigenvalue weighted by Crippen LogP contribution is 2.37. The van der Waals surface area contributed by atoms with Crippen molar-refractivity contribution in [3.8, 4) is 22.5 Å². The van der Waals surface area contributed by atoms with Crippen LogP contribution in [0.4, 0.5) is 19.0 Å². The normalized spacial score (nSPS) is 12.1. The van der Waals surface area contributed by atoms with Crippen LogP contribution in [0, 0.1) is 0 Å². The minimum Gasteiger partial charge on any atom is -0.306 e. The average Bonchev–Trinajstić information content (AvgIpc) is 3.50. The summed E-state index contributed by atoms with van der Waals surface area (Å²) in [5.74, 6) is -0.346. The van der Waals surface area contributed by atoms with E-state index in [1.165, 1.54) is 23.0 Å². The predicted octanol–water partition coefficient (Wildman–Crippen LogP) is 4.72. The number of alkyl halides is 3. The first kappa shape index (κ1) is 27.1. The van der Waals surface area contributed by atoms with Gasteiger partial charge >= 0.3 is 6.18 Å². The summed E-state index contributed by atoms with van der Waals surface area (Å²) in [7, 11) is -1.82. The zero-order valence-corrected chi connectivity index (χ0v) is 22.1. The lowest BCUT2D eigenvalue weighted by Crippen LogP contribution is -2.21. The maximum Gasteiger partial charge on any atom is 0.417 e. The van der Waals surface area contributed by atoms with E-state index in [-0.39, 0.29) is 23.4 Å². The number of hydrogen-bond donors (Lipinski definition) is 2. The van der Waals surface area contributed by atoms with E-state index in [1.807, 2.05) is 6.07 Å².